The number of carbonyl (C=O) groups excluding carboxylic acids is 1. The predicted octanol–water partition coefficient (Wildman–Crippen LogP) is 2.91. The van der Waals surface area contributed by atoms with E-state index in [-0.39, 0.29) is 5.91 Å². The number of hydrogen-bond donors (Lipinski definition) is 2. The first kappa shape index (κ1) is 18.3. The summed E-state index contributed by atoms with van der Waals surface area (Å²) in [6, 6.07) is 12.4. The summed E-state index contributed by atoms with van der Waals surface area (Å²) in [6.45, 7) is 0. The molecule has 1 aliphatic rings. The van der Waals surface area contributed by atoms with Crippen LogP contribution in [0.25, 0.3) is 0 Å². The standard InChI is InChI=1S/C21H23N5O2/c22-21(10-4-5-11-21)20-25-19(28-26-20)17(13-15-7-6-12-23-14-15)24-18(27)16-8-2-1-3-9-16/h1-3,6-9,12,14,17H,4-5,10-11,13,22H2,(H,24,27). The topological polar surface area (TPSA) is 107 Å². The van der Waals surface area contributed by atoms with Crippen LogP contribution in [0.4, 0.5) is 0 Å². The molecule has 0 radical (unpaired) electrons. The second-order valence-electron chi connectivity index (χ2n) is 7.28. The van der Waals surface area contributed by atoms with Crippen LogP contribution in [0.15, 0.2) is 59.4 Å². The zero-order valence-electron chi connectivity index (χ0n) is 15.5. The number of nitrogens with zero attached hydrogens (tertiary/aromatic N) is 3. The molecule has 1 amide bonds. The second-order valence-corrected chi connectivity index (χ2v) is 7.28. The third kappa shape index (κ3) is 3.94. The van der Waals surface area contributed by atoms with E-state index in [9.17, 15) is 4.79 Å². The number of amides is 1. The van der Waals surface area contributed by atoms with Crippen LogP contribution in [0.1, 0.15) is 59.4 Å². The van der Waals surface area contributed by atoms with Crippen LogP contribution >= 0.6 is 0 Å². The minimum Gasteiger partial charge on any atom is -0.340 e. The average Bonchev–Trinajstić information content (AvgIpc) is 3.39. The van der Waals surface area contributed by atoms with Crippen molar-refractivity contribution in [3.63, 3.8) is 0 Å². The minimum absolute atomic E-state index is 0.197. The van der Waals surface area contributed by atoms with Crippen molar-refractivity contribution >= 4 is 5.91 Å². The summed E-state index contributed by atoms with van der Waals surface area (Å²) < 4.78 is 5.54. The number of benzene rings is 1. The first-order chi connectivity index (χ1) is 13.6. The van der Waals surface area contributed by atoms with Crippen LogP contribution in [-0.2, 0) is 12.0 Å². The van der Waals surface area contributed by atoms with Crippen molar-refractivity contribution in [1.82, 2.24) is 20.4 Å². The van der Waals surface area contributed by atoms with E-state index >= 15 is 0 Å². The Balaban J connectivity index is 1.59. The monoisotopic (exact) mass is 377 g/mol. The van der Waals surface area contributed by atoms with Crippen molar-refractivity contribution in [2.45, 2.75) is 43.7 Å². The fraction of sp³-hybridized carbons (Fsp3) is 0.333. The van der Waals surface area contributed by atoms with E-state index in [0.29, 0.717) is 23.7 Å². The van der Waals surface area contributed by atoms with Gasteiger partial charge in [-0.2, -0.15) is 4.98 Å². The molecule has 7 heteroatoms. The number of carbonyl (C=O) groups is 1. The van der Waals surface area contributed by atoms with Crippen molar-refractivity contribution in [3.8, 4) is 0 Å². The molecule has 7 nitrogen and oxygen atoms in total. The van der Waals surface area contributed by atoms with Gasteiger partial charge in [0.1, 0.15) is 6.04 Å². The fourth-order valence-corrected chi connectivity index (χ4v) is 3.59. The Morgan fingerprint density at radius 2 is 1.96 bits per heavy atom. The summed E-state index contributed by atoms with van der Waals surface area (Å²) in [5, 5.41) is 7.15. The van der Waals surface area contributed by atoms with Gasteiger partial charge in [-0.1, -0.05) is 42.3 Å². The Bertz CT molecular complexity index is 920. The van der Waals surface area contributed by atoms with Crippen molar-refractivity contribution in [2.24, 2.45) is 5.73 Å². The van der Waals surface area contributed by atoms with Crippen LogP contribution in [0.3, 0.4) is 0 Å². The molecule has 3 aromatic rings. The van der Waals surface area contributed by atoms with Crippen molar-refractivity contribution in [3.05, 3.63) is 77.7 Å². The van der Waals surface area contributed by atoms with Crippen LogP contribution in [0.2, 0.25) is 0 Å². The lowest BCUT2D eigenvalue weighted by Crippen LogP contribution is -2.35. The van der Waals surface area contributed by atoms with E-state index in [0.717, 1.165) is 31.2 Å². The molecule has 1 saturated carbocycles. The summed E-state index contributed by atoms with van der Waals surface area (Å²) in [6.07, 6.45) is 7.77. The third-order valence-corrected chi connectivity index (χ3v) is 5.18. The van der Waals surface area contributed by atoms with Crippen molar-refractivity contribution in [1.29, 1.82) is 0 Å². The molecule has 3 N–H and O–H groups in total. The van der Waals surface area contributed by atoms with Gasteiger partial charge in [-0.05, 0) is 36.6 Å². The maximum Gasteiger partial charge on any atom is 0.251 e. The van der Waals surface area contributed by atoms with Crippen LogP contribution in [0.5, 0.6) is 0 Å². The molecule has 1 atom stereocenters. The first-order valence-corrected chi connectivity index (χ1v) is 9.52. The predicted molar refractivity (Wildman–Crippen MR) is 103 cm³/mol. The zero-order valence-corrected chi connectivity index (χ0v) is 15.5. The van der Waals surface area contributed by atoms with Gasteiger partial charge in [0.15, 0.2) is 5.82 Å². The van der Waals surface area contributed by atoms with Gasteiger partial charge in [0.2, 0.25) is 5.89 Å². The summed E-state index contributed by atoms with van der Waals surface area (Å²) >= 11 is 0. The highest BCUT2D eigenvalue weighted by atomic mass is 16.5. The van der Waals surface area contributed by atoms with Gasteiger partial charge in [-0.25, -0.2) is 0 Å². The molecule has 0 saturated heterocycles. The summed E-state index contributed by atoms with van der Waals surface area (Å²) in [4.78, 5) is 21.4. The molecule has 4 rings (SSSR count). The van der Waals surface area contributed by atoms with E-state index in [2.05, 4.69) is 20.4 Å². The Kier molecular flexibility index (Phi) is 5.16. The summed E-state index contributed by atoms with van der Waals surface area (Å²) in [5.41, 5.74) is 7.45. The van der Waals surface area contributed by atoms with Gasteiger partial charge in [-0.15, -0.1) is 0 Å². The highest BCUT2D eigenvalue weighted by Gasteiger charge is 2.37. The van der Waals surface area contributed by atoms with E-state index in [1.165, 1.54) is 0 Å². The lowest BCUT2D eigenvalue weighted by molar-refractivity contribution is 0.0928. The van der Waals surface area contributed by atoms with Gasteiger partial charge in [-0.3, -0.25) is 9.78 Å². The summed E-state index contributed by atoms with van der Waals surface area (Å²) in [5.74, 6) is 0.683. The highest BCUT2D eigenvalue weighted by molar-refractivity contribution is 5.94. The van der Waals surface area contributed by atoms with Crippen molar-refractivity contribution < 1.29 is 9.32 Å². The minimum atomic E-state index is -0.538. The van der Waals surface area contributed by atoms with Gasteiger partial charge in [0.05, 0.1) is 5.54 Å². The number of hydrogen-bond acceptors (Lipinski definition) is 6. The molecule has 0 spiro atoms. The number of nitrogens with one attached hydrogen (secondary N) is 1. The van der Waals surface area contributed by atoms with Gasteiger partial charge in [0, 0.05) is 24.4 Å². The molecular weight excluding hydrogens is 354 g/mol. The number of pyridine rings is 1. The molecule has 0 aliphatic heterocycles. The largest absolute Gasteiger partial charge is 0.340 e. The van der Waals surface area contributed by atoms with Crippen LogP contribution < -0.4 is 11.1 Å². The smallest absolute Gasteiger partial charge is 0.251 e. The molecule has 0 bridgehead atoms. The summed E-state index contributed by atoms with van der Waals surface area (Å²) in [7, 11) is 0. The van der Waals surface area contributed by atoms with Gasteiger partial charge in [0.25, 0.3) is 5.91 Å². The normalized spacial score (nSPS) is 16.6. The third-order valence-electron chi connectivity index (χ3n) is 5.18. The lowest BCUT2D eigenvalue weighted by atomic mass is 9.98. The Morgan fingerprint density at radius 1 is 1.18 bits per heavy atom. The molecule has 2 aromatic heterocycles. The quantitative estimate of drug-likeness (QED) is 0.684. The Labute approximate surface area is 163 Å². The van der Waals surface area contributed by atoms with E-state index < -0.39 is 11.6 Å². The van der Waals surface area contributed by atoms with Gasteiger partial charge < -0.3 is 15.6 Å². The Hall–Kier alpha value is -3.06. The van der Waals surface area contributed by atoms with E-state index in [1.54, 1.807) is 24.5 Å². The molecule has 2 heterocycles. The average molecular weight is 377 g/mol. The molecule has 1 unspecified atom stereocenters. The maximum absolute atomic E-state index is 12.7. The van der Waals surface area contributed by atoms with Crippen LogP contribution in [-0.4, -0.2) is 21.0 Å². The molecule has 28 heavy (non-hydrogen) atoms. The second kappa shape index (κ2) is 7.90. The number of rotatable bonds is 6. The number of nitrogens with two attached hydrogens (primary N) is 1. The fourth-order valence-electron chi connectivity index (χ4n) is 3.59. The molecule has 1 aromatic carbocycles. The molecule has 1 fully saturated rings. The van der Waals surface area contributed by atoms with E-state index in [1.807, 2.05) is 30.3 Å². The number of aromatic nitrogens is 3. The maximum atomic E-state index is 12.7. The van der Waals surface area contributed by atoms with E-state index in [4.69, 9.17) is 10.3 Å². The van der Waals surface area contributed by atoms with Gasteiger partial charge >= 0.3 is 0 Å². The molecular formula is C21H23N5O2. The highest BCUT2D eigenvalue weighted by Crippen LogP contribution is 2.35. The SMILES string of the molecule is NC1(c2noc(C(Cc3cccnc3)NC(=O)c3ccccc3)n2)CCCC1. The Morgan fingerprint density at radius 3 is 2.68 bits per heavy atom. The molecule has 144 valence electrons. The van der Waals surface area contributed by atoms with Crippen molar-refractivity contribution in [2.75, 3.05) is 0 Å². The zero-order chi connectivity index (χ0) is 19.4. The molecule has 1 aliphatic carbocycles. The van der Waals surface area contributed by atoms with Crippen LogP contribution in [0, 0.1) is 0 Å². The first-order valence-electron chi connectivity index (χ1n) is 9.52. The lowest BCUT2D eigenvalue weighted by Gasteiger charge is -2.18.